The van der Waals surface area contributed by atoms with E-state index in [1.54, 1.807) is 0 Å². The fourth-order valence-electron chi connectivity index (χ4n) is 3.51. The molecule has 30 heavy (non-hydrogen) atoms. The van der Waals surface area contributed by atoms with Gasteiger partial charge in [-0.2, -0.15) is 18.2 Å². The normalized spacial score (nSPS) is 18.4. The van der Waals surface area contributed by atoms with Gasteiger partial charge in [0, 0.05) is 50.2 Å². The number of nitrogens with zero attached hydrogens (tertiary/aromatic N) is 4. The maximum atomic E-state index is 13.7. The Balaban J connectivity index is 1.75. The van der Waals surface area contributed by atoms with Gasteiger partial charge in [0.2, 0.25) is 5.95 Å². The Kier molecular flexibility index (Phi) is 5.91. The van der Waals surface area contributed by atoms with Gasteiger partial charge in [0.1, 0.15) is 11.6 Å². The molecular formula is C19H23F3N6O2. The first-order chi connectivity index (χ1) is 14.4. The number of nitrogens with one attached hydrogen (secondary N) is 1. The average molecular weight is 424 g/mol. The Hall–Kier alpha value is -2.66. The summed E-state index contributed by atoms with van der Waals surface area (Å²) in [5.74, 6) is 0.628. The van der Waals surface area contributed by atoms with E-state index < -0.39 is 11.7 Å². The van der Waals surface area contributed by atoms with Crippen molar-refractivity contribution in [3.05, 3.63) is 23.9 Å². The van der Waals surface area contributed by atoms with Crippen molar-refractivity contribution in [1.82, 2.24) is 15.0 Å². The SMILES string of the molecule is Nc1cc(C(F)(F)F)c(-c2cc(NC3CCOCC3)nc(N3CCOCC3)n2)cn1. The largest absolute Gasteiger partial charge is 0.417 e. The van der Waals surface area contributed by atoms with E-state index in [1.807, 2.05) is 4.90 Å². The van der Waals surface area contributed by atoms with Crippen molar-refractivity contribution < 1.29 is 22.6 Å². The number of hydrogen-bond acceptors (Lipinski definition) is 8. The molecule has 8 nitrogen and oxygen atoms in total. The molecule has 0 aromatic carbocycles. The van der Waals surface area contributed by atoms with E-state index in [1.165, 1.54) is 6.07 Å². The number of nitrogen functional groups attached to an aromatic ring is 1. The molecule has 3 N–H and O–H groups in total. The third-order valence-electron chi connectivity index (χ3n) is 5.09. The molecule has 11 heteroatoms. The van der Waals surface area contributed by atoms with Crippen LogP contribution in [0.25, 0.3) is 11.3 Å². The van der Waals surface area contributed by atoms with Gasteiger partial charge in [-0.3, -0.25) is 0 Å². The van der Waals surface area contributed by atoms with Crippen molar-refractivity contribution in [3.8, 4) is 11.3 Å². The second-order valence-electron chi connectivity index (χ2n) is 7.22. The quantitative estimate of drug-likeness (QED) is 0.773. The molecule has 0 amide bonds. The zero-order chi connectivity index (χ0) is 21.1. The third kappa shape index (κ3) is 4.73. The zero-order valence-electron chi connectivity index (χ0n) is 16.3. The fourth-order valence-corrected chi connectivity index (χ4v) is 3.51. The molecule has 2 aliphatic rings. The summed E-state index contributed by atoms with van der Waals surface area (Å²) in [5, 5.41) is 3.32. The average Bonchev–Trinajstić information content (AvgIpc) is 2.74. The molecule has 4 heterocycles. The lowest BCUT2D eigenvalue weighted by molar-refractivity contribution is -0.137. The van der Waals surface area contributed by atoms with Crippen LogP contribution in [0, 0.1) is 0 Å². The number of alkyl halides is 3. The lowest BCUT2D eigenvalue weighted by atomic mass is 10.1. The topological polar surface area (TPSA) is 98.4 Å². The number of halogens is 3. The number of anilines is 3. The lowest BCUT2D eigenvalue weighted by Crippen LogP contribution is -2.37. The monoisotopic (exact) mass is 424 g/mol. The minimum atomic E-state index is -4.59. The molecule has 2 saturated heterocycles. The Morgan fingerprint density at radius 1 is 1.03 bits per heavy atom. The van der Waals surface area contributed by atoms with E-state index in [2.05, 4.69) is 20.3 Å². The highest BCUT2D eigenvalue weighted by molar-refractivity contribution is 5.69. The van der Waals surface area contributed by atoms with Crippen molar-refractivity contribution in [1.29, 1.82) is 0 Å². The summed E-state index contributed by atoms with van der Waals surface area (Å²) in [6, 6.07) is 2.49. The Morgan fingerprint density at radius 3 is 2.43 bits per heavy atom. The van der Waals surface area contributed by atoms with Crippen LogP contribution < -0.4 is 16.0 Å². The molecule has 2 aromatic rings. The minimum absolute atomic E-state index is 0.130. The first-order valence-electron chi connectivity index (χ1n) is 9.79. The molecule has 0 aliphatic carbocycles. The minimum Gasteiger partial charge on any atom is -0.384 e. The van der Waals surface area contributed by atoms with Crippen molar-refractivity contribution in [3.63, 3.8) is 0 Å². The van der Waals surface area contributed by atoms with Gasteiger partial charge < -0.3 is 25.4 Å². The van der Waals surface area contributed by atoms with E-state index in [0.29, 0.717) is 51.3 Å². The number of aromatic nitrogens is 3. The molecule has 2 aromatic heterocycles. The molecule has 0 unspecified atom stereocenters. The van der Waals surface area contributed by atoms with Gasteiger partial charge in [0.05, 0.1) is 24.5 Å². The van der Waals surface area contributed by atoms with Crippen molar-refractivity contribution >= 4 is 17.6 Å². The van der Waals surface area contributed by atoms with Crippen LogP contribution in [0.15, 0.2) is 18.3 Å². The molecule has 0 atom stereocenters. The van der Waals surface area contributed by atoms with Crippen LogP contribution in [-0.4, -0.2) is 60.5 Å². The summed E-state index contributed by atoms with van der Waals surface area (Å²) in [7, 11) is 0. The standard InChI is InChI=1S/C19H23F3N6O2/c20-19(21,22)14-9-16(23)24-11-13(14)15-10-17(25-12-1-5-29-6-2-12)27-18(26-15)28-3-7-30-8-4-28/h9-12H,1-8H2,(H2,23,24)(H,25,26,27). The first-order valence-corrected chi connectivity index (χ1v) is 9.79. The predicted molar refractivity (Wildman–Crippen MR) is 105 cm³/mol. The zero-order valence-corrected chi connectivity index (χ0v) is 16.3. The number of morpholine rings is 1. The summed E-state index contributed by atoms with van der Waals surface area (Å²) in [6.45, 7) is 3.40. The molecular weight excluding hydrogens is 401 g/mol. The number of pyridine rings is 1. The van der Waals surface area contributed by atoms with Crippen molar-refractivity contribution in [2.45, 2.75) is 25.1 Å². The molecule has 0 radical (unpaired) electrons. The summed E-state index contributed by atoms with van der Waals surface area (Å²) < 4.78 is 51.7. The van der Waals surface area contributed by atoms with Gasteiger partial charge >= 0.3 is 6.18 Å². The van der Waals surface area contributed by atoms with Gasteiger partial charge in [0.25, 0.3) is 0 Å². The highest BCUT2D eigenvalue weighted by Gasteiger charge is 2.35. The molecule has 0 spiro atoms. The van der Waals surface area contributed by atoms with Crippen molar-refractivity contribution in [2.75, 3.05) is 55.5 Å². The second kappa shape index (κ2) is 8.60. The van der Waals surface area contributed by atoms with Crippen LogP contribution in [0.1, 0.15) is 18.4 Å². The smallest absolute Gasteiger partial charge is 0.384 e. The Labute approximate surface area is 171 Å². The van der Waals surface area contributed by atoms with E-state index >= 15 is 0 Å². The number of rotatable bonds is 4. The van der Waals surface area contributed by atoms with E-state index in [4.69, 9.17) is 15.2 Å². The summed E-state index contributed by atoms with van der Waals surface area (Å²) in [4.78, 5) is 14.8. The Morgan fingerprint density at radius 2 is 1.73 bits per heavy atom. The number of hydrogen-bond donors (Lipinski definition) is 2. The molecule has 0 bridgehead atoms. The molecule has 0 saturated carbocycles. The number of ether oxygens (including phenoxy) is 2. The summed E-state index contributed by atoms with van der Waals surface area (Å²) >= 11 is 0. The fraction of sp³-hybridized carbons (Fsp3) is 0.526. The maximum Gasteiger partial charge on any atom is 0.417 e. The lowest BCUT2D eigenvalue weighted by Gasteiger charge is -2.28. The van der Waals surface area contributed by atoms with Gasteiger partial charge in [-0.25, -0.2) is 9.97 Å². The maximum absolute atomic E-state index is 13.7. The third-order valence-corrected chi connectivity index (χ3v) is 5.09. The van der Waals surface area contributed by atoms with E-state index in [9.17, 15) is 13.2 Å². The van der Waals surface area contributed by atoms with E-state index in [0.717, 1.165) is 25.1 Å². The highest BCUT2D eigenvalue weighted by atomic mass is 19.4. The van der Waals surface area contributed by atoms with Crippen molar-refractivity contribution in [2.24, 2.45) is 0 Å². The van der Waals surface area contributed by atoms with Gasteiger partial charge in [-0.05, 0) is 18.9 Å². The first kappa shape index (κ1) is 20.6. The van der Waals surface area contributed by atoms with Crippen LogP contribution in [0.3, 0.4) is 0 Å². The molecule has 2 fully saturated rings. The molecule has 4 rings (SSSR count). The molecule has 162 valence electrons. The van der Waals surface area contributed by atoms with Crippen LogP contribution >= 0.6 is 0 Å². The molecule has 2 aliphatic heterocycles. The second-order valence-corrected chi connectivity index (χ2v) is 7.22. The predicted octanol–water partition coefficient (Wildman–Crippen LogP) is 2.57. The van der Waals surface area contributed by atoms with Gasteiger partial charge in [-0.15, -0.1) is 0 Å². The highest BCUT2D eigenvalue weighted by Crippen LogP contribution is 2.38. The summed E-state index contributed by atoms with van der Waals surface area (Å²) in [5.41, 5.74) is 4.64. The van der Waals surface area contributed by atoms with Crippen LogP contribution in [0.5, 0.6) is 0 Å². The van der Waals surface area contributed by atoms with Gasteiger partial charge in [-0.1, -0.05) is 0 Å². The van der Waals surface area contributed by atoms with Crippen LogP contribution in [0.4, 0.5) is 30.8 Å². The Bertz CT molecular complexity index is 883. The van der Waals surface area contributed by atoms with Crippen LogP contribution in [-0.2, 0) is 15.7 Å². The van der Waals surface area contributed by atoms with Crippen LogP contribution in [0.2, 0.25) is 0 Å². The van der Waals surface area contributed by atoms with E-state index in [-0.39, 0.29) is 23.1 Å². The van der Waals surface area contributed by atoms with Gasteiger partial charge in [0.15, 0.2) is 0 Å². The summed E-state index contributed by atoms with van der Waals surface area (Å²) in [6.07, 6.45) is -1.89. The number of nitrogens with two attached hydrogens (primary N) is 1.